The van der Waals surface area contributed by atoms with Gasteiger partial charge in [-0.25, -0.2) is 0 Å². The van der Waals surface area contributed by atoms with Crippen molar-refractivity contribution in [2.24, 2.45) is 0 Å². The van der Waals surface area contributed by atoms with Gasteiger partial charge in [0.15, 0.2) is 0 Å². The normalized spacial score (nSPS) is 12.3. The Bertz CT molecular complexity index is 365. The van der Waals surface area contributed by atoms with Gasteiger partial charge in [-0.05, 0) is 12.5 Å². The van der Waals surface area contributed by atoms with Gasteiger partial charge < -0.3 is 15.7 Å². The maximum atomic E-state index is 10.5. The molecule has 100 valence electrons. The first-order chi connectivity index (χ1) is 8.59. The Hall–Kier alpha value is -1.50. The van der Waals surface area contributed by atoms with Crippen molar-refractivity contribution in [2.75, 3.05) is 19.6 Å². The highest BCUT2D eigenvalue weighted by Crippen LogP contribution is 2.11. The van der Waals surface area contributed by atoms with Crippen LogP contribution in [0.2, 0.25) is 0 Å². The SMILES string of the molecule is C[C@@H](O)CNCCNCc1ccc([N+](=O)[O-])cc1. The number of nitro groups is 1. The fourth-order valence-electron chi connectivity index (χ4n) is 1.46. The largest absolute Gasteiger partial charge is 0.392 e. The van der Waals surface area contributed by atoms with Crippen molar-refractivity contribution in [3.05, 3.63) is 39.9 Å². The van der Waals surface area contributed by atoms with Crippen LogP contribution in [0.15, 0.2) is 24.3 Å². The first-order valence-electron chi connectivity index (χ1n) is 5.92. The van der Waals surface area contributed by atoms with Crippen molar-refractivity contribution in [1.82, 2.24) is 10.6 Å². The van der Waals surface area contributed by atoms with Gasteiger partial charge >= 0.3 is 0 Å². The Balaban J connectivity index is 2.17. The average molecular weight is 253 g/mol. The molecule has 0 spiro atoms. The van der Waals surface area contributed by atoms with E-state index in [0.29, 0.717) is 13.1 Å². The summed E-state index contributed by atoms with van der Waals surface area (Å²) >= 11 is 0. The fourth-order valence-corrected chi connectivity index (χ4v) is 1.46. The van der Waals surface area contributed by atoms with Crippen LogP contribution in [0.5, 0.6) is 0 Å². The van der Waals surface area contributed by atoms with Gasteiger partial charge in [0, 0.05) is 38.3 Å². The molecular weight excluding hydrogens is 234 g/mol. The molecule has 1 aromatic carbocycles. The highest BCUT2D eigenvalue weighted by atomic mass is 16.6. The van der Waals surface area contributed by atoms with Crippen LogP contribution in [0.25, 0.3) is 0 Å². The third kappa shape index (κ3) is 5.72. The van der Waals surface area contributed by atoms with E-state index in [0.717, 1.165) is 18.7 Å². The first-order valence-corrected chi connectivity index (χ1v) is 5.92. The van der Waals surface area contributed by atoms with E-state index >= 15 is 0 Å². The van der Waals surface area contributed by atoms with E-state index in [-0.39, 0.29) is 11.8 Å². The third-order valence-electron chi connectivity index (χ3n) is 2.39. The monoisotopic (exact) mass is 253 g/mol. The molecule has 1 rings (SSSR count). The molecule has 0 aliphatic carbocycles. The molecular formula is C12H19N3O3. The zero-order valence-corrected chi connectivity index (χ0v) is 10.4. The van der Waals surface area contributed by atoms with Gasteiger partial charge in [0.05, 0.1) is 11.0 Å². The minimum absolute atomic E-state index is 0.109. The van der Waals surface area contributed by atoms with Gasteiger partial charge in [-0.3, -0.25) is 10.1 Å². The molecule has 0 aliphatic rings. The summed E-state index contributed by atoms with van der Waals surface area (Å²) in [4.78, 5) is 10.1. The second-order valence-electron chi connectivity index (χ2n) is 4.15. The summed E-state index contributed by atoms with van der Waals surface area (Å²) in [5.41, 5.74) is 1.12. The van der Waals surface area contributed by atoms with E-state index in [4.69, 9.17) is 5.11 Å². The number of aliphatic hydroxyl groups is 1. The number of rotatable bonds is 8. The number of benzene rings is 1. The standard InChI is InChI=1S/C12H19N3O3/c1-10(16)8-13-6-7-14-9-11-2-4-12(5-3-11)15(17)18/h2-5,10,13-14,16H,6-9H2,1H3/t10-/m1/s1. The first kappa shape index (κ1) is 14.6. The van der Waals surface area contributed by atoms with Crippen LogP contribution in [0.1, 0.15) is 12.5 Å². The molecule has 0 unspecified atom stereocenters. The molecule has 0 fully saturated rings. The maximum absolute atomic E-state index is 10.5. The molecule has 0 amide bonds. The molecule has 0 aliphatic heterocycles. The molecule has 3 N–H and O–H groups in total. The van der Waals surface area contributed by atoms with Crippen LogP contribution in [0.4, 0.5) is 5.69 Å². The van der Waals surface area contributed by atoms with E-state index in [2.05, 4.69) is 10.6 Å². The second-order valence-corrected chi connectivity index (χ2v) is 4.15. The zero-order chi connectivity index (χ0) is 13.4. The summed E-state index contributed by atoms with van der Waals surface area (Å²) in [5, 5.41) is 25.8. The summed E-state index contributed by atoms with van der Waals surface area (Å²) in [7, 11) is 0. The number of aliphatic hydroxyl groups excluding tert-OH is 1. The molecule has 1 aromatic rings. The Labute approximate surface area is 106 Å². The summed E-state index contributed by atoms with van der Waals surface area (Å²) in [5.74, 6) is 0. The van der Waals surface area contributed by atoms with Gasteiger partial charge in [0.25, 0.3) is 5.69 Å². The second kappa shape index (κ2) is 7.75. The van der Waals surface area contributed by atoms with Crippen molar-refractivity contribution >= 4 is 5.69 Å². The fraction of sp³-hybridized carbons (Fsp3) is 0.500. The third-order valence-corrected chi connectivity index (χ3v) is 2.39. The lowest BCUT2D eigenvalue weighted by Gasteiger charge is -2.08. The molecule has 6 nitrogen and oxygen atoms in total. The van der Waals surface area contributed by atoms with Crippen LogP contribution in [-0.2, 0) is 6.54 Å². The number of nitrogens with zero attached hydrogens (tertiary/aromatic N) is 1. The number of hydrogen-bond acceptors (Lipinski definition) is 5. The number of non-ortho nitro benzene ring substituents is 1. The van der Waals surface area contributed by atoms with E-state index in [1.165, 1.54) is 12.1 Å². The molecule has 0 bridgehead atoms. The van der Waals surface area contributed by atoms with Crippen molar-refractivity contribution in [1.29, 1.82) is 0 Å². The maximum Gasteiger partial charge on any atom is 0.269 e. The summed E-state index contributed by atoms with van der Waals surface area (Å²) < 4.78 is 0. The number of hydrogen-bond donors (Lipinski definition) is 3. The van der Waals surface area contributed by atoms with Gasteiger partial charge in [-0.2, -0.15) is 0 Å². The molecule has 0 saturated carbocycles. The Morgan fingerprint density at radius 1 is 1.28 bits per heavy atom. The minimum atomic E-state index is -0.406. The molecule has 0 radical (unpaired) electrons. The number of nitro benzene ring substituents is 1. The zero-order valence-electron chi connectivity index (χ0n) is 10.4. The van der Waals surface area contributed by atoms with Crippen molar-refractivity contribution in [3.63, 3.8) is 0 Å². The lowest BCUT2D eigenvalue weighted by Crippen LogP contribution is -2.31. The van der Waals surface area contributed by atoms with Gasteiger partial charge in [0.1, 0.15) is 0 Å². The van der Waals surface area contributed by atoms with Gasteiger partial charge in [-0.15, -0.1) is 0 Å². The van der Waals surface area contributed by atoms with Crippen LogP contribution >= 0.6 is 0 Å². The van der Waals surface area contributed by atoms with E-state index in [9.17, 15) is 10.1 Å². The topological polar surface area (TPSA) is 87.4 Å². The molecule has 6 heteroatoms. The van der Waals surface area contributed by atoms with Crippen LogP contribution in [0.3, 0.4) is 0 Å². The van der Waals surface area contributed by atoms with Crippen molar-refractivity contribution in [3.8, 4) is 0 Å². The van der Waals surface area contributed by atoms with E-state index in [1.807, 2.05) is 0 Å². The lowest BCUT2D eigenvalue weighted by molar-refractivity contribution is -0.384. The van der Waals surface area contributed by atoms with Crippen molar-refractivity contribution in [2.45, 2.75) is 19.6 Å². The minimum Gasteiger partial charge on any atom is -0.392 e. The average Bonchev–Trinajstić information content (AvgIpc) is 2.34. The number of nitrogens with one attached hydrogen (secondary N) is 2. The Morgan fingerprint density at radius 2 is 1.89 bits per heavy atom. The molecule has 0 aromatic heterocycles. The predicted molar refractivity (Wildman–Crippen MR) is 69.4 cm³/mol. The quantitative estimate of drug-likeness (QED) is 0.360. The molecule has 0 heterocycles. The highest BCUT2D eigenvalue weighted by molar-refractivity contribution is 5.32. The summed E-state index contributed by atoms with van der Waals surface area (Å²) in [6.45, 7) is 4.55. The van der Waals surface area contributed by atoms with Crippen LogP contribution in [-0.4, -0.2) is 35.8 Å². The summed E-state index contributed by atoms with van der Waals surface area (Å²) in [6.07, 6.45) is -0.334. The smallest absolute Gasteiger partial charge is 0.269 e. The summed E-state index contributed by atoms with van der Waals surface area (Å²) in [6, 6.07) is 6.49. The molecule has 0 saturated heterocycles. The predicted octanol–water partition coefficient (Wildman–Crippen LogP) is 0.655. The van der Waals surface area contributed by atoms with Crippen molar-refractivity contribution < 1.29 is 10.0 Å². The van der Waals surface area contributed by atoms with Crippen LogP contribution in [0, 0.1) is 10.1 Å². The Morgan fingerprint density at radius 3 is 2.44 bits per heavy atom. The lowest BCUT2D eigenvalue weighted by atomic mass is 10.2. The Kier molecular flexibility index (Phi) is 6.27. The van der Waals surface area contributed by atoms with E-state index < -0.39 is 4.92 Å². The van der Waals surface area contributed by atoms with E-state index in [1.54, 1.807) is 19.1 Å². The van der Waals surface area contributed by atoms with Gasteiger partial charge in [0.2, 0.25) is 0 Å². The molecule has 1 atom stereocenters. The van der Waals surface area contributed by atoms with Crippen LogP contribution < -0.4 is 10.6 Å². The molecule has 18 heavy (non-hydrogen) atoms. The highest BCUT2D eigenvalue weighted by Gasteiger charge is 2.03. The van der Waals surface area contributed by atoms with Gasteiger partial charge in [-0.1, -0.05) is 12.1 Å².